The number of thiazole rings is 1. The average Bonchev–Trinajstić information content (AvgIpc) is 2.71. The van der Waals surface area contributed by atoms with Crippen LogP contribution in [0, 0.1) is 11.3 Å². The van der Waals surface area contributed by atoms with Gasteiger partial charge >= 0.3 is 0 Å². The number of nitrogens with zero attached hydrogens (tertiary/aromatic N) is 2. The van der Waals surface area contributed by atoms with Crippen molar-refractivity contribution in [2.24, 2.45) is 0 Å². The van der Waals surface area contributed by atoms with E-state index < -0.39 is 0 Å². The molecule has 0 aromatic carbocycles. The van der Waals surface area contributed by atoms with E-state index in [0.717, 1.165) is 4.88 Å². The maximum Gasteiger partial charge on any atom is 0.132 e. The molecule has 0 spiro atoms. The predicted octanol–water partition coefficient (Wildman–Crippen LogP) is 3.02. The normalized spacial score (nSPS) is 19.9. The third kappa shape index (κ3) is 3.03. The van der Waals surface area contributed by atoms with Gasteiger partial charge in [0.1, 0.15) is 6.04 Å². The van der Waals surface area contributed by atoms with Crippen LogP contribution in [-0.4, -0.2) is 11.0 Å². The van der Waals surface area contributed by atoms with Crippen LogP contribution in [-0.2, 0) is 0 Å². The summed E-state index contributed by atoms with van der Waals surface area (Å²) in [7, 11) is 0. The van der Waals surface area contributed by atoms with E-state index in [9.17, 15) is 0 Å². The summed E-state index contributed by atoms with van der Waals surface area (Å²) < 4.78 is 0. The van der Waals surface area contributed by atoms with Gasteiger partial charge in [-0.3, -0.25) is 10.3 Å². The lowest BCUT2D eigenvalue weighted by atomic mass is 10.1. The molecule has 1 unspecified atom stereocenters. The second-order valence-electron chi connectivity index (χ2n) is 4.32. The van der Waals surface area contributed by atoms with Gasteiger partial charge in [0.25, 0.3) is 0 Å². The maximum absolute atomic E-state index is 9.17. The molecule has 1 aromatic rings. The molecule has 4 heteroatoms. The second kappa shape index (κ2) is 5.97. The molecule has 0 amide bonds. The Kier molecular flexibility index (Phi) is 4.32. The molecule has 0 aliphatic heterocycles. The highest BCUT2D eigenvalue weighted by Crippen LogP contribution is 2.22. The number of nitrogens with one attached hydrogen (secondary N) is 1. The minimum Gasteiger partial charge on any atom is -0.295 e. The summed E-state index contributed by atoms with van der Waals surface area (Å²) in [5.41, 5.74) is 1.79. The summed E-state index contributed by atoms with van der Waals surface area (Å²) in [6.45, 7) is 0. The third-order valence-corrected chi connectivity index (χ3v) is 3.96. The van der Waals surface area contributed by atoms with Gasteiger partial charge in [-0.15, -0.1) is 11.3 Å². The molecular formula is C12H17N3S. The maximum atomic E-state index is 9.17. The molecule has 1 aliphatic carbocycles. The van der Waals surface area contributed by atoms with Crippen LogP contribution in [0.3, 0.4) is 0 Å². The number of hydrogen-bond acceptors (Lipinski definition) is 4. The molecule has 1 aliphatic rings. The van der Waals surface area contributed by atoms with Crippen molar-refractivity contribution in [1.82, 2.24) is 10.3 Å². The number of aromatic nitrogens is 1. The highest BCUT2D eigenvalue weighted by atomic mass is 32.1. The molecule has 1 heterocycles. The first kappa shape index (κ1) is 11.6. The summed E-state index contributed by atoms with van der Waals surface area (Å²) >= 11 is 1.55. The SMILES string of the molecule is N#CC(NC1CCCCCC1)c1cncs1. The van der Waals surface area contributed by atoms with Crippen molar-refractivity contribution in [3.8, 4) is 6.07 Å². The Bertz CT molecular complexity index is 334. The molecular weight excluding hydrogens is 218 g/mol. The quantitative estimate of drug-likeness (QED) is 0.819. The van der Waals surface area contributed by atoms with Gasteiger partial charge < -0.3 is 0 Å². The van der Waals surface area contributed by atoms with Gasteiger partial charge in [0.2, 0.25) is 0 Å². The molecule has 0 bridgehead atoms. The molecule has 86 valence electrons. The van der Waals surface area contributed by atoms with E-state index in [4.69, 9.17) is 5.26 Å². The minimum absolute atomic E-state index is 0.171. The lowest BCUT2D eigenvalue weighted by Crippen LogP contribution is -2.31. The van der Waals surface area contributed by atoms with Crippen LogP contribution in [0.25, 0.3) is 0 Å². The van der Waals surface area contributed by atoms with E-state index in [0.29, 0.717) is 6.04 Å². The largest absolute Gasteiger partial charge is 0.295 e. The number of rotatable bonds is 3. The lowest BCUT2D eigenvalue weighted by Gasteiger charge is -2.19. The fourth-order valence-electron chi connectivity index (χ4n) is 2.23. The van der Waals surface area contributed by atoms with Crippen LogP contribution >= 0.6 is 11.3 Å². The average molecular weight is 235 g/mol. The van der Waals surface area contributed by atoms with Crippen molar-refractivity contribution < 1.29 is 0 Å². The van der Waals surface area contributed by atoms with Gasteiger partial charge in [-0.1, -0.05) is 25.7 Å². The molecule has 0 radical (unpaired) electrons. The van der Waals surface area contributed by atoms with Crippen molar-refractivity contribution in [2.45, 2.75) is 50.6 Å². The van der Waals surface area contributed by atoms with Gasteiger partial charge in [0.15, 0.2) is 0 Å². The van der Waals surface area contributed by atoms with Gasteiger partial charge in [-0.25, -0.2) is 0 Å². The lowest BCUT2D eigenvalue weighted by molar-refractivity contribution is 0.439. The number of nitriles is 1. The Morgan fingerprint density at radius 2 is 2.12 bits per heavy atom. The summed E-state index contributed by atoms with van der Waals surface area (Å²) in [6.07, 6.45) is 9.47. The minimum atomic E-state index is -0.171. The smallest absolute Gasteiger partial charge is 0.132 e. The zero-order valence-corrected chi connectivity index (χ0v) is 10.2. The van der Waals surface area contributed by atoms with Crippen LogP contribution in [0.15, 0.2) is 11.7 Å². The summed E-state index contributed by atoms with van der Waals surface area (Å²) in [6, 6.07) is 2.67. The summed E-state index contributed by atoms with van der Waals surface area (Å²) in [5, 5.41) is 12.6. The summed E-state index contributed by atoms with van der Waals surface area (Å²) in [4.78, 5) is 5.06. The third-order valence-electron chi connectivity index (χ3n) is 3.12. The Morgan fingerprint density at radius 3 is 2.69 bits per heavy atom. The first-order valence-corrected chi connectivity index (χ1v) is 6.82. The van der Waals surface area contributed by atoms with Gasteiger partial charge in [-0.05, 0) is 12.8 Å². The molecule has 1 fully saturated rings. The second-order valence-corrected chi connectivity index (χ2v) is 5.24. The zero-order chi connectivity index (χ0) is 11.2. The highest BCUT2D eigenvalue weighted by molar-refractivity contribution is 7.09. The van der Waals surface area contributed by atoms with Gasteiger partial charge in [0, 0.05) is 12.2 Å². The molecule has 2 rings (SSSR count). The van der Waals surface area contributed by atoms with Gasteiger partial charge in [-0.2, -0.15) is 5.26 Å². The monoisotopic (exact) mass is 235 g/mol. The molecule has 1 atom stereocenters. The zero-order valence-electron chi connectivity index (χ0n) is 9.35. The Hall–Kier alpha value is -0.920. The summed E-state index contributed by atoms with van der Waals surface area (Å²) in [5.74, 6) is 0. The van der Waals surface area contributed by atoms with Crippen LogP contribution < -0.4 is 5.32 Å². The fourth-order valence-corrected chi connectivity index (χ4v) is 2.85. The molecule has 1 aromatic heterocycles. The van der Waals surface area contributed by atoms with E-state index in [-0.39, 0.29) is 6.04 Å². The van der Waals surface area contributed by atoms with Crippen molar-refractivity contribution in [1.29, 1.82) is 5.26 Å². The Morgan fingerprint density at radius 1 is 1.38 bits per heavy atom. The molecule has 1 saturated carbocycles. The topological polar surface area (TPSA) is 48.7 Å². The van der Waals surface area contributed by atoms with Gasteiger partial charge in [0.05, 0.1) is 16.5 Å². The predicted molar refractivity (Wildman–Crippen MR) is 65.1 cm³/mol. The van der Waals surface area contributed by atoms with Crippen LogP contribution in [0.1, 0.15) is 49.4 Å². The molecule has 0 saturated heterocycles. The van der Waals surface area contributed by atoms with Crippen LogP contribution in [0.2, 0.25) is 0 Å². The molecule has 1 N–H and O–H groups in total. The van der Waals surface area contributed by atoms with E-state index in [2.05, 4.69) is 16.4 Å². The molecule has 16 heavy (non-hydrogen) atoms. The van der Waals surface area contributed by atoms with E-state index in [1.54, 1.807) is 23.0 Å². The Balaban J connectivity index is 1.93. The van der Waals surface area contributed by atoms with Crippen molar-refractivity contribution in [3.05, 3.63) is 16.6 Å². The van der Waals surface area contributed by atoms with Crippen LogP contribution in [0.5, 0.6) is 0 Å². The van der Waals surface area contributed by atoms with E-state index in [1.165, 1.54) is 38.5 Å². The van der Waals surface area contributed by atoms with Crippen molar-refractivity contribution in [2.75, 3.05) is 0 Å². The standard InChI is InChI=1S/C12H17N3S/c13-7-11(12-8-14-9-16-12)15-10-5-3-1-2-4-6-10/h8-11,15H,1-6H2. The highest BCUT2D eigenvalue weighted by Gasteiger charge is 2.18. The first-order chi connectivity index (χ1) is 7.90. The van der Waals surface area contributed by atoms with Crippen molar-refractivity contribution in [3.63, 3.8) is 0 Å². The Labute approximate surface area is 101 Å². The number of hydrogen-bond donors (Lipinski definition) is 1. The fraction of sp³-hybridized carbons (Fsp3) is 0.667. The van der Waals surface area contributed by atoms with E-state index in [1.807, 2.05) is 0 Å². The van der Waals surface area contributed by atoms with Crippen LogP contribution in [0.4, 0.5) is 0 Å². The molecule has 3 nitrogen and oxygen atoms in total. The van der Waals surface area contributed by atoms with Crippen molar-refractivity contribution >= 4 is 11.3 Å². The van der Waals surface area contributed by atoms with E-state index >= 15 is 0 Å². The first-order valence-electron chi connectivity index (χ1n) is 5.94.